The van der Waals surface area contributed by atoms with Crippen molar-refractivity contribution in [1.82, 2.24) is 9.97 Å². The number of hydrogen-bond donors (Lipinski definition) is 0. The van der Waals surface area contributed by atoms with Crippen LogP contribution >= 0.6 is 27.7 Å². The Morgan fingerprint density at radius 1 is 1.10 bits per heavy atom. The number of halogens is 1. The number of nitrogens with zero attached hydrogens (tertiary/aromatic N) is 2. The van der Waals surface area contributed by atoms with Gasteiger partial charge in [-0.2, -0.15) is 4.98 Å². The molecule has 2 aromatic carbocycles. The van der Waals surface area contributed by atoms with Crippen molar-refractivity contribution in [3.05, 3.63) is 53.1 Å². The molecule has 0 saturated heterocycles. The van der Waals surface area contributed by atoms with Gasteiger partial charge in [0.1, 0.15) is 0 Å². The summed E-state index contributed by atoms with van der Waals surface area (Å²) in [5.41, 5.74) is 0. The van der Waals surface area contributed by atoms with Crippen molar-refractivity contribution in [2.75, 3.05) is 7.11 Å². The summed E-state index contributed by atoms with van der Waals surface area (Å²) in [6, 6.07) is 14.6. The monoisotopic (exact) mass is 346 g/mol. The van der Waals surface area contributed by atoms with Crippen LogP contribution in [0.15, 0.2) is 63.2 Å². The molecule has 100 valence electrons. The molecule has 0 unspecified atom stereocenters. The third-order valence-electron chi connectivity index (χ3n) is 2.81. The molecule has 0 aliphatic heterocycles. The van der Waals surface area contributed by atoms with Crippen molar-refractivity contribution in [3.8, 4) is 5.88 Å². The lowest BCUT2D eigenvalue weighted by atomic mass is 10.1. The van der Waals surface area contributed by atoms with E-state index in [1.807, 2.05) is 12.1 Å². The Kier molecular flexibility index (Phi) is 3.89. The molecule has 1 heterocycles. The van der Waals surface area contributed by atoms with Crippen molar-refractivity contribution < 1.29 is 4.74 Å². The molecule has 3 aromatic rings. The summed E-state index contributed by atoms with van der Waals surface area (Å²) in [6.45, 7) is 0. The van der Waals surface area contributed by atoms with E-state index in [1.165, 1.54) is 22.5 Å². The lowest BCUT2D eigenvalue weighted by molar-refractivity contribution is 0.389. The van der Waals surface area contributed by atoms with Crippen molar-refractivity contribution in [2.24, 2.45) is 0 Å². The molecule has 0 amide bonds. The summed E-state index contributed by atoms with van der Waals surface area (Å²) >= 11 is 4.87. The van der Waals surface area contributed by atoms with Crippen LogP contribution in [0.1, 0.15) is 0 Å². The predicted molar refractivity (Wildman–Crippen MR) is 84.4 cm³/mol. The molecule has 20 heavy (non-hydrogen) atoms. The van der Waals surface area contributed by atoms with E-state index in [9.17, 15) is 0 Å². The summed E-state index contributed by atoms with van der Waals surface area (Å²) < 4.78 is 5.93. The van der Waals surface area contributed by atoms with Crippen LogP contribution in [0.2, 0.25) is 0 Å². The van der Waals surface area contributed by atoms with E-state index >= 15 is 0 Å². The van der Waals surface area contributed by atoms with Gasteiger partial charge < -0.3 is 4.74 Å². The van der Waals surface area contributed by atoms with Gasteiger partial charge in [-0.15, -0.1) is 0 Å². The van der Waals surface area contributed by atoms with Gasteiger partial charge >= 0.3 is 0 Å². The predicted octanol–water partition coefficient (Wildman–Crippen LogP) is 4.55. The number of ether oxygens (including phenoxy) is 1. The third kappa shape index (κ3) is 2.78. The molecule has 0 bridgehead atoms. The van der Waals surface area contributed by atoms with Gasteiger partial charge in [0.25, 0.3) is 0 Å². The molecule has 0 radical (unpaired) electrons. The zero-order valence-electron chi connectivity index (χ0n) is 10.7. The quantitative estimate of drug-likeness (QED) is 0.651. The molecule has 0 aliphatic rings. The molecule has 3 rings (SSSR count). The van der Waals surface area contributed by atoms with Gasteiger partial charge in [-0.05, 0) is 50.6 Å². The molecular weight excluding hydrogens is 336 g/mol. The highest BCUT2D eigenvalue weighted by Crippen LogP contribution is 2.30. The van der Waals surface area contributed by atoms with Crippen LogP contribution in [-0.2, 0) is 0 Å². The van der Waals surface area contributed by atoms with Gasteiger partial charge in [0.05, 0.1) is 11.6 Å². The normalized spacial score (nSPS) is 10.7. The fourth-order valence-electron chi connectivity index (χ4n) is 1.86. The maximum atomic E-state index is 5.18. The van der Waals surface area contributed by atoms with E-state index in [-0.39, 0.29) is 0 Å². The summed E-state index contributed by atoms with van der Waals surface area (Å²) in [4.78, 5) is 9.74. The lowest BCUT2D eigenvalue weighted by Gasteiger charge is -2.05. The van der Waals surface area contributed by atoms with Crippen molar-refractivity contribution >= 4 is 38.5 Å². The third-order valence-corrected chi connectivity index (χ3v) is 4.23. The van der Waals surface area contributed by atoms with E-state index in [0.717, 1.165) is 9.37 Å². The van der Waals surface area contributed by atoms with Crippen LogP contribution in [0.3, 0.4) is 0 Å². The van der Waals surface area contributed by atoms with Gasteiger partial charge in [0.2, 0.25) is 5.88 Å². The molecule has 3 nitrogen and oxygen atoms in total. The van der Waals surface area contributed by atoms with Crippen LogP contribution < -0.4 is 4.74 Å². The van der Waals surface area contributed by atoms with Crippen LogP contribution in [0.25, 0.3) is 10.8 Å². The summed E-state index contributed by atoms with van der Waals surface area (Å²) in [6.07, 6.45) is 1.70. The maximum absolute atomic E-state index is 5.18. The highest BCUT2D eigenvalue weighted by molar-refractivity contribution is 9.10. The molecule has 0 atom stereocenters. The number of hydrogen-bond acceptors (Lipinski definition) is 4. The van der Waals surface area contributed by atoms with Gasteiger partial charge in [0.15, 0.2) is 5.16 Å². The first-order valence-electron chi connectivity index (χ1n) is 5.99. The summed E-state index contributed by atoms with van der Waals surface area (Å²) in [7, 11) is 1.59. The number of rotatable bonds is 3. The first-order valence-corrected chi connectivity index (χ1v) is 7.60. The number of fused-ring (bicyclic) bond motifs is 1. The second kappa shape index (κ2) is 5.81. The van der Waals surface area contributed by atoms with Gasteiger partial charge in [-0.3, -0.25) is 0 Å². The molecule has 0 N–H and O–H groups in total. The van der Waals surface area contributed by atoms with Crippen LogP contribution in [-0.4, -0.2) is 17.1 Å². The van der Waals surface area contributed by atoms with Crippen molar-refractivity contribution in [2.45, 2.75) is 10.1 Å². The summed E-state index contributed by atoms with van der Waals surface area (Å²) in [5, 5.41) is 3.10. The Labute approximate surface area is 129 Å². The Bertz CT molecular complexity index is 764. The average Bonchev–Trinajstić information content (AvgIpc) is 2.49. The van der Waals surface area contributed by atoms with Crippen molar-refractivity contribution in [1.29, 1.82) is 0 Å². The zero-order chi connectivity index (χ0) is 13.9. The lowest BCUT2D eigenvalue weighted by Crippen LogP contribution is -1.93. The van der Waals surface area contributed by atoms with Crippen molar-refractivity contribution in [3.63, 3.8) is 0 Å². The Balaban J connectivity index is 1.92. The SMILES string of the molecule is COc1nc(Sc2ccc3ccccc3c2)ncc1Br. The standard InChI is InChI=1S/C15H11BrN2OS/c1-19-14-13(16)9-17-15(18-14)20-12-7-6-10-4-2-3-5-11(10)8-12/h2-9H,1H3. The molecule has 0 saturated carbocycles. The fraction of sp³-hybridized carbons (Fsp3) is 0.0667. The second-order valence-corrected chi connectivity index (χ2v) is 6.02. The first-order chi connectivity index (χ1) is 9.76. The van der Waals surface area contributed by atoms with Crippen LogP contribution in [0.4, 0.5) is 0 Å². The van der Waals surface area contributed by atoms with Gasteiger partial charge in [0, 0.05) is 11.1 Å². The minimum atomic E-state index is 0.545. The number of benzene rings is 2. The highest BCUT2D eigenvalue weighted by atomic mass is 79.9. The van der Waals surface area contributed by atoms with Crippen LogP contribution in [0.5, 0.6) is 5.88 Å². The minimum absolute atomic E-state index is 0.545. The van der Waals surface area contributed by atoms with Gasteiger partial charge in [-0.1, -0.05) is 30.3 Å². The molecule has 5 heteroatoms. The topological polar surface area (TPSA) is 35.0 Å². The molecule has 0 fully saturated rings. The average molecular weight is 347 g/mol. The molecule has 0 spiro atoms. The van der Waals surface area contributed by atoms with E-state index in [2.05, 4.69) is 56.2 Å². The molecule has 0 aliphatic carbocycles. The second-order valence-electron chi connectivity index (χ2n) is 4.12. The zero-order valence-corrected chi connectivity index (χ0v) is 13.1. The van der Waals surface area contributed by atoms with E-state index in [0.29, 0.717) is 11.0 Å². The van der Waals surface area contributed by atoms with Gasteiger partial charge in [-0.25, -0.2) is 4.98 Å². The van der Waals surface area contributed by atoms with Crippen LogP contribution in [0, 0.1) is 0 Å². The van der Waals surface area contributed by atoms with E-state index in [4.69, 9.17) is 4.74 Å². The number of aromatic nitrogens is 2. The Hall–Kier alpha value is -1.59. The molecule has 1 aromatic heterocycles. The molecular formula is C15H11BrN2OS. The van der Waals surface area contributed by atoms with E-state index in [1.54, 1.807) is 13.3 Å². The largest absolute Gasteiger partial charge is 0.480 e. The smallest absolute Gasteiger partial charge is 0.231 e. The van der Waals surface area contributed by atoms with E-state index < -0.39 is 0 Å². The number of methoxy groups -OCH3 is 1. The fourth-order valence-corrected chi connectivity index (χ4v) is 2.98. The highest BCUT2D eigenvalue weighted by Gasteiger charge is 2.07. The Morgan fingerprint density at radius 2 is 1.90 bits per heavy atom. The first kappa shape index (κ1) is 13.4. The minimum Gasteiger partial charge on any atom is -0.480 e. The Morgan fingerprint density at radius 3 is 2.70 bits per heavy atom. The maximum Gasteiger partial charge on any atom is 0.231 e. The summed E-state index contributed by atoms with van der Waals surface area (Å²) in [5.74, 6) is 0.545.